The molecule has 0 saturated carbocycles. The standard InChI is InChI=1S/C17H18F2N2O2/c18-15-7-6-14(12-16(15)19)20-17(23)21(10-11-22)9-8-13-4-2-1-3-5-13/h1-7,12,22H,8-11H2,(H,20,23). The van der Waals surface area contributed by atoms with E-state index in [-0.39, 0.29) is 18.8 Å². The fourth-order valence-corrected chi connectivity index (χ4v) is 2.12. The van der Waals surface area contributed by atoms with Crippen molar-refractivity contribution in [3.63, 3.8) is 0 Å². The van der Waals surface area contributed by atoms with Crippen molar-refractivity contribution in [3.8, 4) is 0 Å². The van der Waals surface area contributed by atoms with Gasteiger partial charge in [-0.15, -0.1) is 0 Å². The molecule has 0 saturated heterocycles. The number of carbonyl (C=O) groups excluding carboxylic acids is 1. The molecule has 2 N–H and O–H groups in total. The first kappa shape index (κ1) is 16.9. The van der Waals surface area contributed by atoms with Gasteiger partial charge in [-0.05, 0) is 24.1 Å². The van der Waals surface area contributed by atoms with Gasteiger partial charge < -0.3 is 15.3 Å². The molecule has 2 rings (SSSR count). The molecule has 0 aliphatic rings. The number of nitrogens with zero attached hydrogens (tertiary/aromatic N) is 1. The van der Waals surface area contributed by atoms with E-state index in [1.807, 2.05) is 30.3 Å². The highest BCUT2D eigenvalue weighted by Crippen LogP contribution is 2.14. The largest absolute Gasteiger partial charge is 0.395 e. The van der Waals surface area contributed by atoms with Crippen molar-refractivity contribution in [2.24, 2.45) is 0 Å². The Morgan fingerprint density at radius 2 is 1.78 bits per heavy atom. The second-order valence-corrected chi connectivity index (χ2v) is 5.01. The van der Waals surface area contributed by atoms with Gasteiger partial charge in [0, 0.05) is 24.8 Å². The van der Waals surface area contributed by atoms with Gasteiger partial charge in [-0.1, -0.05) is 30.3 Å². The van der Waals surface area contributed by atoms with Crippen LogP contribution >= 0.6 is 0 Å². The van der Waals surface area contributed by atoms with Gasteiger partial charge >= 0.3 is 6.03 Å². The summed E-state index contributed by atoms with van der Waals surface area (Å²) in [7, 11) is 0. The second kappa shape index (κ2) is 8.24. The number of urea groups is 1. The highest BCUT2D eigenvalue weighted by molar-refractivity contribution is 5.89. The van der Waals surface area contributed by atoms with Gasteiger partial charge in [-0.25, -0.2) is 13.6 Å². The molecule has 0 atom stereocenters. The Balaban J connectivity index is 1.98. The minimum atomic E-state index is -1.03. The smallest absolute Gasteiger partial charge is 0.321 e. The van der Waals surface area contributed by atoms with Crippen molar-refractivity contribution in [2.75, 3.05) is 25.0 Å². The zero-order chi connectivity index (χ0) is 16.7. The number of rotatable bonds is 6. The number of aliphatic hydroxyl groups is 1. The Labute approximate surface area is 133 Å². The summed E-state index contributed by atoms with van der Waals surface area (Å²) in [5.41, 5.74) is 1.23. The number of amides is 2. The minimum absolute atomic E-state index is 0.155. The number of nitrogens with one attached hydrogen (secondary N) is 1. The van der Waals surface area contributed by atoms with E-state index >= 15 is 0 Å². The fraction of sp³-hybridized carbons (Fsp3) is 0.235. The number of carbonyl (C=O) groups is 1. The first-order chi connectivity index (χ1) is 11.1. The van der Waals surface area contributed by atoms with Crippen molar-refractivity contribution >= 4 is 11.7 Å². The van der Waals surface area contributed by atoms with E-state index in [0.29, 0.717) is 13.0 Å². The molecular weight excluding hydrogens is 302 g/mol. The Hall–Kier alpha value is -2.47. The lowest BCUT2D eigenvalue weighted by molar-refractivity contribution is 0.189. The molecule has 0 aliphatic carbocycles. The predicted molar refractivity (Wildman–Crippen MR) is 84.2 cm³/mol. The maximum absolute atomic E-state index is 13.2. The maximum atomic E-state index is 13.2. The lowest BCUT2D eigenvalue weighted by Gasteiger charge is -2.22. The van der Waals surface area contributed by atoms with Crippen LogP contribution in [-0.2, 0) is 6.42 Å². The molecule has 0 bridgehead atoms. The molecule has 0 heterocycles. The molecule has 6 heteroatoms. The summed E-state index contributed by atoms with van der Waals surface area (Å²) in [6, 6.07) is 12.3. The summed E-state index contributed by atoms with van der Waals surface area (Å²) in [4.78, 5) is 13.6. The van der Waals surface area contributed by atoms with Crippen molar-refractivity contribution in [3.05, 3.63) is 65.7 Å². The van der Waals surface area contributed by atoms with Gasteiger partial charge in [0.2, 0.25) is 0 Å². The summed E-state index contributed by atoms with van der Waals surface area (Å²) in [5, 5.41) is 11.6. The molecule has 0 radical (unpaired) electrons. The highest BCUT2D eigenvalue weighted by Gasteiger charge is 2.14. The first-order valence-electron chi connectivity index (χ1n) is 7.26. The van der Waals surface area contributed by atoms with E-state index in [1.54, 1.807) is 0 Å². The Kier molecular flexibility index (Phi) is 6.05. The van der Waals surface area contributed by atoms with E-state index in [1.165, 1.54) is 11.0 Å². The minimum Gasteiger partial charge on any atom is -0.395 e. The number of halogens is 2. The molecule has 23 heavy (non-hydrogen) atoms. The zero-order valence-corrected chi connectivity index (χ0v) is 12.5. The molecule has 4 nitrogen and oxygen atoms in total. The van der Waals surface area contributed by atoms with Gasteiger partial charge in [-0.2, -0.15) is 0 Å². The number of hydrogen-bond donors (Lipinski definition) is 2. The molecule has 0 spiro atoms. The Morgan fingerprint density at radius 1 is 1.04 bits per heavy atom. The van der Waals surface area contributed by atoms with Crippen LogP contribution < -0.4 is 5.32 Å². The quantitative estimate of drug-likeness (QED) is 0.859. The normalized spacial score (nSPS) is 10.4. The van der Waals surface area contributed by atoms with Crippen LogP contribution in [-0.4, -0.2) is 35.7 Å². The van der Waals surface area contributed by atoms with Gasteiger partial charge in [0.1, 0.15) is 0 Å². The number of benzene rings is 2. The SMILES string of the molecule is O=C(Nc1ccc(F)c(F)c1)N(CCO)CCc1ccccc1. The number of anilines is 1. The van der Waals surface area contributed by atoms with Crippen LogP contribution in [0.25, 0.3) is 0 Å². The average Bonchev–Trinajstić information content (AvgIpc) is 2.55. The second-order valence-electron chi connectivity index (χ2n) is 5.01. The van der Waals surface area contributed by atoms with E-state index < -0.39 is 17.7 Å². The lowest BCUT2D eigenvalue weighted by Crippen LogP contribution is -2.38. The van der Waals surface area contributed by atoms with Crippen LogP contribution in [0.3, 0.4) is 0 Å². The van der Waals surface area contributed by atoms with E-state index in [9.17, 15) is 13.6 Å². The molecule has 0 unspecified atom stereocenters. The first-order valence-corrected chi connectivity index (χ1v) is 7.26. The molecule has 2 aromatic rings. The topological polar surface area (TPSA) is 52.6 Å². The third-order valence-electron chi connectivity index (χ3n) is 3.34. The maximum Gasteiger partial charge on any atom is 0.321 e. The van der Waals surface area contributed by atoms with E-state index in [0.717, 1.165) is 17.7 Å². The van der Waals surface area contributed by atoms with Crippen LogP contribution in [0.2, 0.25) is 0 Å². The molecule has 0 aromatic heterocycles. The van der Waals surface area contributed by atoms with Crippen molar-refractivity contribution in [1.82, 2.24) is 4.90 Å². The molecular formula is C17H18F2N2O2. The Bertz CT molecular complexity index is 650. The van der Waals surface area contributed by atoms with Gasteiger partial charge in [0.15, 0.2) is 11.6 Å². The number of aliphatic hydroxyl groups excluding tert-OH is 1. The monoisotopic (exact) mass is 320 g/mol. The molecule has 0 aliphatic heterocycles. The highest BCUT2D eigenvalue weighted by atomic mass is 19.2. The van der Waals surface area contributed by atoms with Crippen LogP contribution in [0.5, 0.6) is 0 Å². The van der Waals surface area contributed by atoms with Crippen LogP contribution in [0, 0.1) is 11.6 Å². The number of hydrogen-bond acceptors (Lipinski definition) is 2. The summed E-state index contributed by atoms with van der Waals surface area (Å²) >= 11 is 0. The Morgan fingerprint density at radius 3 is 2.43 bits per heavy atom. The summed E-state index contributed by atoms with van der Waals surface area (Å²) < 4.78 is 26.1. The van der Waals surface area contributed by atoms with E-state index in [4.69, 9.17) is 5.11 Å². The summed E-state index contributed by atoms with van der Waals surface area (Å²) in [6.45, 7) is 0.377. The lowest BCUT2D eigenvalue weighted by atomic mass is 10.1. The average molecular weight is 320 g/mol. The van der Waals surface area contributed by atoms with Crippen molar-refractivity contribution in [2.45, 2.75) is 6.42 Å². The summed E-state index contributed by atoms with van der Waals surface area (Å²) in [5.74, 6) is -2.00. The molecule has 0 fully saturated rings. The van der Waals surface area contributed by atoms with Crippen LogP contribution in [0.1, 0.15) is 5.56 Å². The zero-order valence-electron chi connectivity index (χ0n) is 12.5. The molecule has 122 valence electrons. The van der Waals surface area contributed by atoms with Crippen LogP contribution in [0.4, 0.5) is 19.3 Å². The predicted octanol–water partition coefficient (Wildman–Crippen LogP) is 3.03. The fourth-order valence-electron chi connectivity index (χ4n) is 2.12. The van der Waals surface area contributed by atoms with Crippen molar-refractivity contribution in [1.29, 1.82) is 0 Å². The third kappa shape index (κ3) is 5.03. The molecule has 2 amide bonds. The van der Waals surface area contributed by atoms with Gasteiger partial charge in [0.05, 0.1) is 6.61 Å². The van der Waals surface area contributed by atoms with Crippen LogP contribution in [0.15, 0.2) is 48.5 Å². The van der Waals surface area contributed by atoms with Crippen molar-refractivity contribution < 1.29 is 18.7 Å². The van der Waals surface area contributed by atoms with E-state index in [2.05, 4.69) is 5.32 Å². The van der Waals surface area contributed by atoms with Gasteiger partial charge in [0.25, 0.3) is 0 Å². The third-order valence-corrected chi connectivity index (χ3v) is 3.34. The summed E-state index contributed by atoms with van der Waals surface area (Å²) in [6.07, 6.45) is 0.631. The van der Waals surface area contributed by atoms with Gasteiger partial charge in [-0.3, -0.25) is 0 Å². The molecule has 2 aromatic carbocycles.